The minimum absolute atomic E-state index is 0.00395. The Morgan fingerprint density at radius 1 is 1.13 bits per heavy atom. The summed E-state index contributed by atoms with van der Waals surface area (Å²) in [5.41, 5.74) is 1.83. The van der Waals surface area contributed by atoms with Gasteiger partial charge in [-0.15, -0.1) is 11.3 Å². The lowest BCUT2D eigenvalue weighted by atomic mass is 10.1. The van der Waals surface area contributed by atoms with E-state index >= 15 is 0 Å². The highest BCUT2D eigenvalue weighted by molar-refractivity contribution is 7.26. The van der Waals surface area contributed by atoms with Gasteiger partial charge in [-0.1, -0.05) is 55.5 Å². The fraction of sp³-hybridized carbons (Fsp3) is 0.320. The highest BCUT2D eigenvalue weighted by atomic mass is 32.1. The van der Waals surface area contributed by atoms with Gasteiger partial charge >= 0.3 is 0 Å². The second-order valence-corrected chi connectivity index (χ2v) is 9.05. The number of benzene rings is 2. The number of aromatic nitrogens is 2. The van der Waals surface area contributed by atoms with Crippen LogP contribution in [0.4, 0.5) is 0 Å². The van der Waals surface area contributed by atoms with Gasteiger partial charge in [-0.3, -0.25) is 9.59 Å². The summed E-state index contributed by atoms with van der Waals surface area (Å²) in [5.74, 6) is -0.157. The first-order valence-electron chi connectivity index (χ1n) is 10.7. The predicted octanol–water partition coefficient (Wildman–Crippen LogP) is 5.01. The van der Waals surface area contributed by atoms with Crippen molar-refractivity contribution in [2.75, 3.05) is 0 Å². The number of thiophene rings is 1. The van der Waals surface area contributed by atoms with E-state index in [1.807, 2.05) is 63.2 Å². The maximum atomic E-state index is 13.4. The molecule has 0 aliphatic rings. The molecule has 1 amide bonds. The SMILES string of the molecule is CC[C@@H](C(=O)N[C@H](C)CCc1ccccc1)n1nc(C)c2sc3ccccc3c2c1=O. The van der Waals surface area contributed by atoms with Crippen molar-refractivity contribution in [3.8, 4) is 0 Å². The number of carbonyl (C=O) groups is 1. The number of amides is 1. The fourth-order valence-corrected chi connectivity index (χ4v) is 5.13. The Bertz CT molecular complexity index is 1280. The monoisotopic (exact) mass is 433 g/mol. The zero-order valence-corrected chi connectivity index (χ0v) is 18.9. The van der Waals surface area contributed by atoms with Crippen LogP contribution in [0.2, 0.25) is 0 Å². The van der Waals surface area contributed by atoms with Crippen LogP contribution in [-0.4, -0.2) is 21.7 Å². The zero-order chi connectivity index (χ0) is 22.0. The molecule has 0 spiro atoms. The number of nitrogens with zero attached hydrogens (tertiary/aromatic N) is 2. The summed E-state index contributed by atoms with van der Waals surface area (Å²) in [6.45, 7) is 5.82. The molecule has 0 fully saturated rings. The van der Waals surface area contributed by atoms with E-state index in [9.17, 15) is 9.59 Å². The van der Waals surface area contributed by atoms with Crippen molar-refractivity contribution in [2.45, 2.75) is 52.1 Å². The lowest BCUT2D eigenvalue weighted by Gasteiger charge is -2.21. The molecule has 6 heteroatoms. The third kappa shape index (κ3) is 4.26. The summed E-state index contributed by atoms with van der Waals surface area (Å²) in [7, 11) is 0. The molecule has 0 bridgehead atoms. The Hall–Kier alpha value is -2.99. The van der Waals surface area contributed by atoms with Crippen LogP contribution in [0.1, 0.15) is 44.0 Å². The molecular formula is C25H27N3O2S. The smallest absolute Gasteiger partial charge is 0.276 e. The largest absolute Gasteiger partial charge is 0.352 e. The summed E-state index contributed by atoms with van der Waals surface area (Å²) < 4.78 is 3.34. The van der Waals surface area contributed by atoms with Gasteiger partial charge in [0, 0.05) is 16.1 Å². The lowest BCUT2D eigenvalue weighted by molar-refractivity contribution is -0.125. The molecule has 2 aromatic carbocycles. The summed E-state index contributed by atoms with van der Waals surface area (Å²) in [5, 5.41) is 9.22. The minimum atomic E-state index is -0.631. The Morgan fingerprint density at radius 2 is 1.84 bits per heavy atom. The van der Waals surface area contributed by atoms with E-state index in [4.69, 9.17) is 0 Å². The van der Waals surface area contributed by atoms with Crippen LogP contribution < -0.4 is 10.9 Å². The van der Waals surface area contributed by atoms with E-state index < -0.39 is 6.04 Å². The first kappa shape index (κ1) is 21.2. The molecule has 4 rings (SSSR count). The average Bonchev–Trinajstić information content (AvgIpc) is 3.17. The standard InChI is InChI=1S/C25H27N3O2S/c1-4-20(24(29)26-16(2)14-15-18-10-6-5-7-11-18)28-25(30)22-19-12-8-9-13-21(19)31-23(22)17(3)27-28/h5-13,16,20H,4,14-15H2,1-3H3,(H,26,29)/t16-,20+/m1/s1. The van der Waals surface area contributed by atoms with E-state index in [1.165, 1.54) is 10.2 Å². The van der Waals surface area contributed by atoms with Crippen LogP contribution in [0.15, 0.2) is 59.4 Å². The maximum Gasteiger partial charge on any atom is 0.276 e. The van der Waals surface area contributed by atoms with Crippen molar-refractivity contribution in [1.29, 1.82) is 0 Å². The van der Waals surface area contributed by atoms with Crippen molar-refractivity contribution in [3.63, 3.8) is 0 Å². The summed E-state index contributed by atoms with van der Waals surface area (Å²) >= 11 is 1.58. The first-order chi connectivity index (χ1) is 15.0. The summed E-state index contributed by atoms with van der Waals surface area (Å²) in [4.78, 5) is 26.5. The number of rotatable bonds is 7. The number of hydrogen-bond acceptors (Lipinski definition) is 4. The molecule has 2 aromatic heterocycles. The van der Waals surface area contributed by atoms with Gasteiger partial charge in [-0.05, 0) is 44.7 Å². The van der Waals surface area contributed by atoms with Crippen LogP contribution in [0, 0.1) is 6.92 Å². The predicted molar refractivity (Wildman–Crippen MR) is 128 cm³/mol. The molecule has 1 N–H and O–H groups in total. The third-order valence-corrected chi connectivity index (χ3v) is 6.97. The molecule has 160 valence electrons. The highest BCUT2D eigenvalue weighted by Crippen LogP contribution is 2.33. The molecule has 31 heavy (non-hydrogen) atoms. The van der Waals surface area contributed by atoms with Crippen molar-refractivity contribution in [3.05, 3.63) is 76.2 Å². The van der Waals surface area contributed by atoms with Crippen molar-refractivity contribution in [1.82, 2.24) is 15.1 Å². The van der Waals surface area contributed by atoms with E-state index in [-0.39, 0.29) is 17.5 Å². The Kier molecular flexibility index (Phi) is 6.18. The van der Waals surface area contributed by atoms with Crippen molar-refractivity contribution in [2.24, 2.45) is 0 Å². The molecular weight excluding hydrogens is 406 g/mol. The average molecular weight is 434 g/mol. The van der Waals surface area contributed by atoms with Crippen LogP contribution in [0.3, 0.4) is 0 Å². The zero-order valence-electron chi connectivity index (χ0n) is 18.1. The minimum Gasteiger partial charge on any atom is -0.352 e. The number of aryl methyl sites for hydroxylation is 2. The third-order valence-electron chi connectivity index (χ3n) is 5.69. The van der Waals surface area contributed by atoms with Gasteiger partial charge in [-0.25, -0.2) is 4.68 Å². The van der Waals surface area contributed by atoms with Gasteiger partial charge in [0.25, 0.3) is 5.56 Å². The second-order valence-electron chi connectivity index (χ2n) is 8.00. The molecule has 5 nitrogen and oxygen atoms in total. The Balaban J connectivity index is 1.59. The van der Waals surface area contributed by atoms with Crippen LogP contribution in [0.25, 0.3) is 20.2 Å². The molecule has 4 aromatic rings. The maximum absolute atomic E-state index is 13.4. The summed E-state index contributed by atoms with van der Waals surface area (Å²) in [6, 6.07) is 17.5. The number of hydrogen-bond donors (Lipinski definition) is 1. The van der Waals surface area contributed by atoms with E-state index in [1.54, 1.807) is 11.3 Å². The lowest BCUT2D eigenvalue weighted by Crippen LogP contribution is -2.42. The molecule has 0 aliphatic carbocycles. The molecule has 0 radical (unpaired) electrons. The molecule has 0 unspecified atom stereocenters. The molecule has 2 atom stereocenters. The molecule has 0 saturated heterocycles. The van der Waals surface area contributed by atoms with Gasteiger partial charge in [0.05, 0.1) is 15.8 Å². The quantitative estimate of drug-likeness (QED) is 0.446. The Labute approximate surface area is 185 Å². The highest BCUT2D eigenvalue weighted by Gasteiger charge is 2.25. The normalized spacial score (nSPS) is 13.4. The topological polar surface area (TPSA) is 64.0 Å². The number of carbonyl (C=O) groups excluding carboxylic acids is 1. The molecule has 0 aliphatic heterocycles. The molecule has 0 saturated carbocycles. The fourth-order valence-electron chi connectivity index (χ4n) is 4.00. The van der Waals surface area contributed by atoms with Crippen molar-refractivity contribution < 1.29 is 4.79 Å². The van der Waals surface area contributed by atoms with Crippen LogP contribution >= 0.6 is 11.3 Å². The van der Waals surface area contributed by atoms with E-state index in [0.29, 0.717) is 11.8 Å². The van der Waals surface area contributed by atoms with Gasteiger partial charge in [-0.2, -0.15) is 5.10 Å². The number of fused-ring (bicyclic) bond motifs is 3. The van der Waals surface area contributed by atoms with Gasteiger partial charge < -0.3 is 5.32 Å². The Morgan fingerprint density at radius 3 is 2.58 bits per heavy atom. The van der Waals surface area contributed by atoms with Crippen molar-refractivity contribution >= 4 is 37.4 Å². The van der Waals surface area contributed by atoms with Gasteiger partial charge in [0.1, 0.15) is 6.04 Å². The first-order valence-corrected chi connectivity index (χ1v) is 11.6. The van der Waals surface area contributed by atoms with Crippen LogP contribution in [0.5, 0.6) is 0 Å². The van der Waals surface area contributed by atoms with Crippen LogP contribution in [-0.2, 0) is 11.2 Å². The second kappa shape index (κ2) is 9.02. The van der Waals surface area contributed by atoms with Gasteiger partial charge in [0.2, 0.25) is 5.91 Å². The number of nitrogens with one attached hydrogen (secondary N) is 1. The van der Waals surface area contributed by atoms with Gasteiger partial charge in [0.15, 0.2) is 0 Å². The summed E-state index contributed by atoms with van der Waals surface area (Å²) in [6.07, 6.45) is 2.22. The van der Waals surface area contributed by atoms with E-state index in [0.717, 1.165) is 33.3 Å². The molecule has 2 heterocycles. The van der Waals surface area contributed by atoms with E-state index in [2.05, 4.69) is 22.5 Å².